The molecule has 3 aromatic rings. The molecule has 0 unspecified atom stereocenters. The molecule has 0 fully saturated rings. The molecule has 3 rings (SSSR count). The Kier molecular flexibility index (Phi) is 6.00. The number of nitrogens with zero attached hydrogens (tertiary/aromatic N) is 1. The first-order valence-electron chi connectivity index (χ1n) is 8.23. The Hall–Kier alpha value is -2.45. The molecule has 0 atom stereocenters. The molecule has 0 aliphatic heterocycles. The Balaban J connectivity index is 1.77. The monoisotopic (exact) mass is 428 g/mol. The summed E-state index contributed by atoms with van der Waals surface area (Å²) in [7, 11) is 0. The molecule has 1 aromatic carbocycles. The van der Waals surface area contributed by atoms with E-state index >= 15 is 0 Å². The zero-order valence-corrected chi connectivity index (χ0v) is 16.3. The van der Waals surface area contributed by atoms with E-state index in [2.05, 4.69) is 5.32 Å². The van der Waals surface area contributed by atoms with Gasteiger partial charge in [0.2, 0.25) is 0 Å². The fourth-order valence-corrected chi connectivity index (χ4v) is 3.11. The molecular formula is C19H16ClF3N2O2S. The van der Waals surface area contributed by atoms with Gasteiger partial charge in [0.15, 0.2) is 5.11 Å². The van der Waals surface area contributed by atoms with Gasteiger partial charge < -0.3 is 19.1 Å². The summed E-state index contributed by atoms with van der Waals surface area (Å²) in [6.45, 7) is 2.54. The van der Waals surface area contributed by atoms with Gasteiger partial charge >= 0.3 is 6.18 Å². The summed E-state index contributed by atoms with van der Waals surface area (Å²) in [6, 6.07) is 10.6. The summed E-state index contributed by atoms with van der Waals surface area (Å²) in [5, 5.41) is 2.81. The van der Waals surface area contributed by atoms with E-state index in [1.807, 2.05) is 19.1 Å². The summed E-state index contributed by atoms with van der Waals surface area (Å²) in [6.07, 6.45) is -2.96. The van der Waals surface area contributed by atoms with Gasteiger partial charge in [-0.1, -0.05) is 11.6 Å². The van der Waals surface area contributed by atoms with Crippen molar-refractivity contribution in [1.82, 2.24) is 4.90 Å². The topological polar surface area (TPSA) is 41.6 Å². The number of alkyl halides is 3. The highest BCUT2D eigenvalue weighted by molar-refractivity contribution is 7.80. The van der Waals surface area contributed by atoms with Crippen LogP contribution >= 0.6 is 23.8 Å². The molecule has 1 N–H and O–H groups in total. The zero-order valence-electron chi connectivity index (χ0n) is 14.7. The van der Waals surface area contributed by atoms with Gasteiger partial charge in [0.05, 0.1) is 29.9 Å². The molecule has 0 saturated carbocycles. The summed E-state index contributed by atoms with van der Waals surface area (Å²) < 4.78 is 49.6. The number of furan rings is 2. The average Bonchev–Trinajstić information content (AvgIpc) is 3.25. The van der Waals surface area contributed by atoms with E-state index in [-0.39, 0.29) is 0 Å². The van der Waals surface area contributed by atoms with E-state index in [9.17, 15) is 13.2 Å². The van der Waals surface area contributed by atoms with Crippen molar-refractivity contribution in [3.05, 3.63) is 76.6 Å². The first-order chi connectivity index (χ1) is 13.2. The second-order valence-corrected chi connectivity index (χ2v) is 6.86. The molecule has 28 heavy (non-hydrogen) atoms. The molecule has 148 valence electrons. The normalized spacial score (nSPS) is 11.5. The molecule has 0 bridgehead atoms. The van der Waals surface area contributed by atoms with Crippen molar-refractivity contribution in [3.8, 4) is 0 Å². The highest BCUT2D eigenvalue weighted by Crippen LogP contribution is 2.35. The lowest BCUT2D eigenvalue weighted by Gasteiger charge is -2.24. The summed E-state index contributed by atoms with van der Waals surface area (Å²) in [5.41, 5.74) is -0.549. The van der Waals surface area contributed by atoms with E-state index < -0.39 is 16.8 Å². The summed E-state index contributed by atoms with van der Waals surface area (Å²) in [4.78, 5) is 1.78. The molecule has 4 nitrogen and oxygen atoms in total. The smallest absolute Gasteiger partial charge is 0.417 e. The Morgan fingerprint density at radius 3 is 2.46 bits per heavy atom. The predicted molar refractivity (Wildman–Crippen MR) is 104 cm³/mol. The van der Waals surface area contributed by atoms with Gasteiger partial charge in [0.1, 0.15) is 17.3 Å². The number of hydrogen-bond donors (Lipinski definition) is 1. The summed E-state index contributed by atoms with van der Waals surface area (Å²) in [5.74, 6) is 2.14. The number of rotatable bonds is 5. The molecule has 9 heteroatoms. The maximum Gasteiger partial charge on any atom is 0.417 e. The van der Waals surface area contributed by atoms with Crippen LogP contribution in [0.5, 0.6) is 0 Å². The van der Waals surface area contributed by atoms with Crippen LogP contribution in [0.3, 0.4) is 0 Å². The minimum atomic E-state index is -4.52. The van der Waals surface area contributed by atoms with Crippen molar-refractivity contribution in [3.63, 3.8) is 0 Å². The van der Waals surface area contributed by atoms with Gasteiger partial charge in [0, 0.05) is 5.69 Å². The molecule has 2 aromatic heterocycles. The number of aryl methyl sites for hydroxylation is 1. The van der Waals surface area contributed by atoms with Crippen LogP contribution in [-0.4, -0.2) is 10.0 Å². The Morgan fingerprint density at radius 1 is 1.14 bits per heavy atom. The van der Waals surface area contributed by atoms with Crippen LogP contribution in [0, 0.1) is 6.92 Å². The highest BCUT2D eigenvalue weighted by atomic mass is 35.5. The van der Waals surface area contributed by atoms with E-state index in [4.69, 9.17) is 32.7 Å². The average molecular weight is 429 g/mol. The molecule has 0 spiro atoms. The maximum absolute atomic E-state index is 12.9. The Bertz CT molecular complexity index is 954. The second-order valence-electron chi connectivity index (χ2n) is 6.07. The van der Waals surface area contributed by atoms with Crippen LogP contribution in [-0.2, 0) is 19.3 Å². The second kappa shape index (κ2) is 8.28. The Labute approximate surface area is 169 Å². The molecule has 0 aliphatic rings. The van der Waals surface area contributed by atoms with Gasteiger partial charge in [-0.25, -0.2) is 0 Å². The molecular weight excluding hydrogens is 413 g/mol. The van der Waals surface area contributed by atoms with E-state index in [1.165, 1.54) is 12.1 Å². The van der Waals surface area contributed by atoms with Crippen LogP contribution in [0.15, 0.2) is 57.6 Å². The highest BCUT2D eigenvalue weighted by Gasteiger charge is 2.33. The van der Waals surface area contributed by atoms with Crippen molar-refractivity contribution in [2.45, 2.75) is 26.2 Å². The van der Waals surface area contributed by atoms with Crippen molar-refractivity contribution in [1.29, 1.82) is 0 Å². The number of halogens is 4. The van der Waals surface area contributed by atoms with Crippen LogP contribution in [0.25, 0.3) is 0 Å². The molecule has 0 radical (unpaired) electrons. The third-order valence-corrected chi connectivity index (χ3v) is 4.56. The number of thiocarbonyl (C=S) groups is 1. The summed E-state index contributed by atoms with van der Waals surface area (Å²) >= 11 is 11.2. The quantitative estimate of drug-likeness (QED) is 0.486. The van der Waals surface area contributed by atoms with Crippen molar-refractivity contribution in [2.24, 2.45) is 0 Å². The SMILES string of the molecule is Cc1ccc(CN(Cc2ccco2)C(=S)Nc2ccc(C(F)(F)F)c(Cl)c2)o1. The predicted octanol–water partition coefficient (Wildman–Crippen LogP) is 6.25. The molecule has 2 heterocycles. The lowest BCUT2D eigenvalue weighted by molar-refractivity contribution is -0.137. The van der Waals surface area contributed by atoms with Crippen molar-refractivity contribution in [2.75, 3.05) is 5.32 Å². The fourth-order valence-electron chi connectivity index (χ4n) is 2.57. The molecule has 0 aliphatic carbocycles. The van der Waals surface area contributed by atoms with Crippen LogP contribution in [0.2, 0.25) is 5.02 Å². The van der Waals surface area contributed by atoms with Crippen molar-refractivity contribution < 1.29 is 22.0 Å². The van der Waals surface area contributed by atoms with Gasteiger partial charge in [0.25, 0.3) is 0 Å². The number of anilines is 1. The van der Waals surface area contributed by atoms with Crippen LogP contribution < -0.4 is 5.32 Å². The number of hydrogen-bond acceptors (Lipinski definition) is 3. The van der Waals surface area contributed by atoms with E-state index in [0.29, 0.717) is 35.4 Å². The van der Waals surface area contributed by atoms with Crippen LogP contribution in [0.4, 0.5) is 18.9 Å². The first kappa shape index (κ1) is 20.3. The minimum absolute atomic E-state index is 0.293. The molecule has 0 saturated heterocycles. The minimum Gasteiger partial charge on any atom is -0.467 e. The third-order valence-electron chi connectivity index (χ3n) is 3.88. The van der Waals surface area contributed by atoms with Gasteiger partial charge in [-0.3, -0.25) is 0 Å². The van der Waals surface area contributed by atoms with Gasteiger partial charge in [-0.15, -0.1) is 0 Å². The largest absolute Gasteiger partial charge is 0.467 e. The Morgan fingerprint density at radius 2 is 1.89 bits per heavy atom. The standard InChI is InChI=1S/C19H16ClF3N2O2S/c1-12-4-6-15(27-12)11-25(10-14-3-2-8-26-14)18(28)24-13-5-7-16(17(20)9-13)19(21,22)23/h2-9H,10-11H2,1H3,(H,24,28). The zero-order chi connectivity index (χ0) is 20.3. The van der Waals surface area contributed by atoms with Crippen molar-refractivity contribution >= 4 is 34.6 Å². The lowest BCUT2D eigenvalue weighted by Crippen LogP contribution is -2.33. The van der Waals surface area contributed by atoms with E-state index in [1.54, 1.807) is 23.3 Å². The first-order valence-corrected chi connectivity index (χ1v) is 9.01. The number of nitrogens with one attached hydrogen (secondary N) is 1. The lowest BCUT2D eigenvalue weighted by atomic mass is 10.2. The molecule has 0 amide bonds. The maximum atomic E-state index is 12.9. The van der Waals surface area contributed by atoms with Gasteiger partial charge in [-0.2, -0.15) is 13.2 Å². The number of benzene rings is 1. The van der Waals surface area contributed by atoms with Crippen LogP contribution in [0.1, 0.15) is 22.8 Å². The van der Waals surface area contributed by atoms with E-state index in [0.717, 1.165) is 11.8 Å². The fraction of sp³-hybridized carbons (Fsp3) is 0.211. The third kappa shape index (κ3) is 5.08. The van der Waals surface area contributed by atoms with Gasteiger partial charge in [-0.05, 0) is 61.6 Å².